The SMILES string of the molecule is O=C(C(Cc1ccccc1)N(Cc1ccc(N2CCOCC2)nc1)C(=O)C=Cc1ccc(C(F)(F)F)cc1)N1CCc2ccccc2C1. The molecule has 1 unspecified atom stereocenters. The second-order valence-corrected chi connectivity index (χ2v) is 12.0. The molecule has 7 nitrogen and oxygen atoms in total. The van der Waals surface area contributed by atoms with Crippen molar-refractivity contribution in [2.75, 3.05) is 37.7 Å². The Morgan fingerprint density at radius 3 is 2.25 bits per heavy atom. The summed E-state index contributed by atoms with van der Waals surface area (Å²) >= 11 is 0. The van der Waals surface area contributed by atoms with Gasteiger partial charge in [0.1, 0.15) is 11.9 Å². The standard InChI is InChI=1S/C38H37F3N4O3/c39-38(40,41)33-14-10-28(11-15-33)13-17-36(46)45(26-30-12-16-35(42-25-30)43-20-22-48-23-21-43)34(24-29-6-2-1-3-7-29)37(47)44-19-18-31-8-4-5-9-32(31)27-44/h1-17,25,34H,18-24,26-27H2. The number of carbonyl (C=O) groups excluding carboxylic acids is 2. The molecule has 3 heterocycles. The van der Waals surface area contributed by atoms with E-state index in [1.807, 2.05) is 65.6 Å². The van der Waals surface area contributed by atoms with E-state index in [-0.39, 0.29) is 18.9 Å². The summed E-state index contributed by atoms with van der Waals surface area (Å²) < 4.78 is 44.8. The first kappa shape index (κ1) is 33.0. The lowest BCUT2D eigenvalue weighted by molar-refractivity contribution is -0.144. The van der Waals surface area contributed by atoms with Crippen molar-refractivity contribution in [3.05, 3.63) is 137 Å². The average Bonchev–Trinajstić information content (AvgIpc) is 3.12. The van der Waals surface area contributed by atoms with E-state index in [2.05, 4.69) is 16.0 Å². The summed E-state index contributed by atoms with van der Waals surface area (Å²) in [6, 6.07) is 25.2. The predicted molar refractivity (Wildman–Crippen MR) is 178 cm³/mol. The number of hydrogen-bond acceptors (Lipinski definition) is 5. The first-order valence-electron chi connectivity index (χ1n) is 16.1. The molecule has 0 radical (unpaired) electrons. The minimum Gasteiger partial charge on any atom is -0.378 e. The topological polar surface area (TPSA) is 66.0 Å². The highest BCUT2D eigenvalue weighted by Gasteiger charge is 2.34. The molecular weight excluding hydrogens is 617 g/mol. The second-order valence-electron chi connectivity index (χ2n) is 12.0. The Kier molecular flexibility index (Phi) is 10.2. The first-order valence-corrected chi connectivity index (χ1v) is 16.1. The van der Waals surface area contributed by atoms with Gasteiger partial charge in [-0.25, -0.2) is 4.98 Å². The highest BCUT2D eigenvalue weighted by Crippen LogP contribution is 2.29. The third kappa shape index (κ3) is 8.12. The van der Waals surface area contributed by atoms with E-state index in [0.29, 0.717) is 38.3 Å². The molecule has 2 aliphatic heterocycles. The van der Waals surface area contributed by atoms with Gasteiger partial charge in [-0.05, 0) is 58.5 Å². The Labute approximate surface area is 278 Å². The van der Waals surface area contributed by atoms with Gasteiger partial charge in [-0.2, -0.15) is 13.2 Å². The zero-order valence-corrected chi connectivity index (χ0v) is 26.5. The zero-order valence-electron chi connectivity index (χ0n) is 26.5. The highest BCUT2D eigenvalue weighted by molar-refractivity contribution is 5.95. The van der Waals surface area contributed by atoms with Gasteiger partial charge in [0.05, 0.1) is 18.8 Å². The average molecular weight is 655 g/mol. The molecule has 10 heteroatoms. The molecule has 48 heavy (non-hydrogen) atoms. The van der Waals surface area contributed by atoms with Crippen LogP contribution in [0.2, 0.25) is 0 Å². The first-order chi connectivity index (χ1) is 23.2. The number of halogens is 3. The minimum atomic E-state index is -4.46. The number of anilines is 1. The number of alkyl halides is 3. The maximum absolute atomic E-state index is 14.5. The zero-order chi connectivity index (χ0) is 33.5. The van der Waals surface area contributed by atoms with Gasteiger partial charge in [0.2, 0.25) is 11.8 Å². The van der Waals surface area contributed by atoms with Crippen LogP contribution in [0.3, 0.4) is 0 Å². The predicted octanol–water partition coefficient (Wildman–Crippen LogP) is 6.18. The molecule has 0 bridgehead atoms. The van der Waals surface area contributed by atoms with Gasteiger partial charge in [0.15, 0.2) is 0 Å². The normalized spacial score (nSPS) is 15.6. The van der Waals surface area contributed by atoms with Gasteiger partial charge in [0.25, 0.3) is 0 Å². The molecule has 1 aromatic heterocycles. The number of rotatable bonds is 9. The molecular formula is C38H37F3N4O3. The van der Waals surface area contributed by atoms with Crippen LogP contribution in [0, 0.1) is 0 Å². The number of hydrogen-bond donors (Lipinski definition) is 0. The van der Waals surface area contributed by atoms with Crippen molar-refractivity contribution >= 4 is 23.7 Å². The third-order valence-corrected chi connectivity index (χ3v) is 8.81. The van der Waals surface area contributed by atoms with E-state index >= 15 is 0 Å². The molecule has 2 amide bonds. The van der Waals surface area contributed by atoms with Gasteiger partial charge in [-0.1, -0.05) is 72.8 Å². The highest BCUT2D eigenvalue weighted by atomic mass is 19.4. The van der Waals surface area contributed by atoms with Crippen molar-refractivity contribution in [3.63, 3.8) is 0 Å². The fraction of sp³-hybridized carbons (Fsp3) is 0.289. The molecule has 2 aliphatic rings. The van der Waals surface area contributed by atoms with E-state index in [1.165, 1.54) is 29.8 Å². The molecule has 3 aromatic carbocycles. The van der Waals surface area contributed by atoms with E-state index in [4.69, 9.17) is 4.74 Å². The number of pyridine rings is 1. The fourth-order valence-corrected chi connectivity index (χ4v) is 6.14. The van der Waals surface area contributed by atoms with Crippen LogP contribution in [0.1, 0.15) is 33.4 Å². The van der Waals surface area contributed by atoms with E-state index in [9.17, 15) is 22.8 Å². The summed E-state index contributed by atoms with van der Waals surface area (Å²) in [5.74, 6) is 0.215. The number of amides is 2. The number of nitrogens with zero attached hydrogens (tertiary/aromatic N) is 4. The lowest BCUT2D eigenvalue weighted by Gasteiger charge is -2.37. The van der Waals surface area contributed by atoms with Crippen LogP contribution in [-0.2, 0) is 46.4 Å². The monoisotopic (exact) mass is 654 g/mol. The third-order valence-electron chi connectivity index (χ3n) is 8.81. The number of benzene rings is 3. The summed E-state index contributed by atoms with van der Waals surface area (Å²) in [4.78, 5) is 38.8. The quantitative estimate of drug-likeness (QED) is 0.202. The van der Waals surface area contributed by atoms with E-state index < -0.39 is 23.7 Å². The van der Waals surface area contributed by atoms with Crippen LogP contribution in [0.5, 0.6) is 0 Å². The van der Waals surface area contributed by atoms with Crippen LogP contribution in [0.25, 0.3) is 6.08 Å². The minimum absolute atomic E-state index is 0.111. The molecule has 0 N–H and O–H groups in total. The Bertz CT molecular complexity index is 1720. The Hall–Kier alpha value is -4.96. The van der Waals surface area contributed by atoms with Crippen molar-refractivity contribution in [1.82, 2.24) is 14.8 Å². The smallest absolute Gasteiger partial charge is 0.378 e. The number of ether oxygens (including phenoxy) is 1. The van der Waals surface area contributed by atoms with Crippen molar-refractivity contribution in [2.45, 2.75) is 38.1 Å². The summed E-state index contributed by atoms with van der Waals surface area (Å²) in [5, 5.41) is 0. The molecule has 0 spiro atoms. The van der Waals surface area contributed by atoms with Crippen molar-refractivity contribution in [3.8, 4) is 0 Å². The lowest BCUT2D eigenvalue weighted by atomic mass is 9.97. The maximum Gasteiger partial charge on any atom is 0.416 e. The van der Waals surface area contributed by atoms with Crippen molar-refractivity contribution in [2.24, 2.45) is 0 Å². The number of morpholine rings is 1. The molecule has 4 aromatic rings. The molecule has 1 atom stereocenters. The number of fused-ring (bicyclic) bond motifs is 1. The van der Waals surface area contributed by atoms with Gasteiger partial charge in [-0.15, -0.1) is 0 Å². The molecule has 6 rings (SSSR count). The maximum atomic E-state index is 14.5. The molecule has 0 saturated carbocycles. The second kappa shape index (κ2) is 14.9. The van der Waals surface area contributed by atoms with Crippen LogP contribution in [-0.4, -0.2) is 65.5 Å². The molecule has 0 aliphatic carbocycles. The molecule has 1 saturated heterocycles. The van der Waals surface area contributed by atoms with Gasteiger partial charge in [0, 0.05) is 51.4 Å². The van der Waals surface area contributed by atoms with Crippen LogP contribution >= 0.6 is 0 Å². The van der Waals surface area contributed by atoms with Crippen molar-refractivity contribution in [1.29, 1.82) is 0 Å². The van der Waals surface area contributed by atoms with E-state index in [0.717, 1.165) is 47.7 Å². The Balaban J connectivity index is 1.32. The van der Waals surface area contributed by atoms with Crippen LogP contribution < -0.4 is 4.90 Å². The summed E-state index contributed by atoms with van der Waals surface area (Å²) in [5.41, 5.74) is 3.61. The molecule has 1 fully saturated rings. The van der Waals surface area contributed by atoms with Crippen LogP contribution in [0.15, 0.2) is 103 Å². The Morgan fingerprint density at radius 1 is 0.854 bits per heavy atom. The number of aromatic nitrogens is 1. The van der Waals surface area contributed by atoms with Gasteiger partial charge >= 0.3 is 6.18 Å². The van der Waals surface area contributed by atoms with Crippen LogP contribution in [0.4, 0.5) is 19.0 Å². The lowest BCUT2D eigenvalue weighted by Crippen LogP contribution is -2.52. The molecule has 248 valence electrons. The Morgan fingerprint density at radius 2 is 1.56 bits per heavy atom. The van der Waals surface area contributed by atoms with Gasteiger partial charge in [-0.3, -0.25) is 9.59 Å². The number of carbonyl (C=O) groups is 2. The van der Waals surface area contributed by atoms with Gasteiger partial charge < -0.3 is 19.4 Å². The summed E-state index contributed by atoms with van der Waals surface area (Å²) in [6.45, 7) is 3.80. The summed E-state index contributed by atoms with van der Waals surface area (Å²) in [7, 11) is 0. The van der Waals surface area contributed by atoms with Crippen molar-refractivity contribution < 1.29 is 27.5 Å². The summed E-state index contributed by atoms with van der Waals surface area (Å²) in [6.07, 6.45) is 1.09. The largest absolute Gasteiger partial charge is 0.416 e. The van der Waals surface area contributed by atoms with E-state index in [1.54, 1.807) is 11.1 Å². The fourth-order valence-electron chi connectivity index (χ4n) is 6.14.